The van der Waals surface area contributed by atoms with E-state index in [2.05, 4.69) is 59.9 Å². The summed E-state index contributed by atoms with van der Waals surface area (Å²) in [4.78, 5) is 22.5. The minimum absolute atomic E-state index is 0.111. The van der Waals surface area contributed by atoms with Gasteiger partial charge in [0, 0.05) is 9.86 Å². The predicted molar refractivity (Wildman–Crippen MR) is 113 cm³/mol. The Bertz CT molecular complexity index is 1120. The Kier molecular flexibility index (Phi) is 3.67. The second kappa shape index (κ2) is 5.72. The lowest BCUT2D eigenvalue weighted by Gasteiger charge is -2.48. The number of aromatic amines is 1. The number of rotatable bonds is 1. The van der Waals surface area contributed by atoms with Crippen molar-refractivity contribution in [3.63, 3.8) is 0 Å². The van der Waals surface area contributed by atoms with Gasteiger partial charge in [0.25, 0.3) is 0 Å². The highest BCUT2D eigenvalue weighted by atomic mass is 79.9. The van der Waals surface area contributed by atoms with E-state index in [-0.39, 0.29) is 17.0 Å². The number of carboxylic acid groups (broad SMARTS) is 1. The Balaban J connectivity index is 1.67. The van der Waals surface area contributed by atoms with Crippen LogP contribution in [0.1, 0.15) is 51.9 Å². The Hall–Kier alpha value is -2.08. The molecular formula is C22H24BrN3O2. The number of aromatic nitrogens is 2. The second-order valence-electron chi connectivity index (χ2n) is 9.33. The highest BCUT2D eigenvalue weighted by Crippen LogP contribution is 2.62. The number of carbonyl (C=O) groups is 1. The zero-order valence-electron chi connectivity index (χ0n) is 16.3. The van der Waals surface area contributed by atoms with Crippen LogP contribution in [-0.4, -0.2) is 31.6 Å². The first-order valence-corrected chi connectivity index (χ1v) is 10.6. The van der Waals surface area contributed by atoms with Gasteiger partial charge in [0.15, 0.2) is 0 Å². The third-order valence-corrected chi connectivity index (χ3v) is 7.54. The maximum absolute atomic E-state index is 12.4. The molecule has 0 radical (unpaired) electrons. The number of piperidine rings is 1. The fourth-order valence-corrected chi connectivity index (χ4v) is 6.04. The van der Waals surface area contributed by atoms with E-state index in [0.29, 0.717) is 5.92 Å². The van der Waals surface area contributed by atoms with Gasteiger partial charge in [-0.1, -0.05) is 48.8 Å². The van der Waals surface area contributed by atoms with Crippen LogP contribution in [0.3, 0.4) is 0 Å². The van der Waals surface area contributed by atoms with E-state index >= 15 is 0 Å². The number of benzene rings is 2. The Morgan fingerprint density at radius 1 is 1.32 bits per heavy atom. The molecule has 2 fully saturated rings. The summed E-state index contributed by atoms with van der Waals surface area (Å²) in [7, 11) is 0. The van der Waals surface area contributed by atoms with Gasteiger partial charge in [0.05, 0.1) is 22.6 Å². The number of hydrogen-bond donors (Lipinski definition) is 2. The SMILES string of the molecule is CC(C)(C)C12CCC(C1)C(c1nc3ccc4cc(Br)ccc4c3[nH]1)N2C(=O)O. The molecule has 1 saturated carbocycles. The molecule has 2 aliphatic rings. The highest BCUT2D eigenvalue weighted by molar-refractivity contribution is 9.10. The molecule has 1 aromatic heterocycles. The third kappa shape index (κ3) is 2.30. The van der Waals surface area contributed by atoms with E-state index in [1.54, 1.807) is 4.90 Å². The van der Waals surface area contributed by atoms with Crippen molar-refractivity contribution in [1.29, 1.82) is 0 Å². The van der Waals surface area contributed by atoms with E-state index in [4.69, 9.17) is 4.98 Å². The largest absolute Gasteiger partial charge is 0.465 e. The lowest BCUT2D eigenvalue weighted by Crippen LogP contribution is -2.56. The van der Waals surface area contributed by atoms with E-state index in [1.807, 2.05) is 12.1 Å². The van der Waals surface area contributed by atoms with E-state index in [9.17, 15) is 9.90 Å². The fourth-order valence-electron chi connectivity index (χ4n) is 5.66. The summed E-state index contributed by atoms with van der Waals surface area (Å²) in [6, 6.07) is 10.1. The van der Waals surface area contributed by atoms with Gasteiger partial charge in [-0.25, -0.2) is 9.78 Å². The van der Waals surface area contributed by atoms with Crippen molar-refractivity contribution in [3.8, 4) is 0 Å². The molecule has 2 heterocycles. The fraction of sp³-hybridized carbons (Fsp3) is 0.455. The van der Waals surface area contributed by atoms with Gasteiger partial charge in [0.1, 0.15) is 5.82 Å². The standard InChI is InChI=1S/C22H24BrN3O2/c1-21(2,3)22-9-8-13(11-22)18(26(22)20(27)28)19-24-16-7-4-12-10-14(23)5-6-15(12)17(16)25-19/h4-7,10,13,18H,8-9,11H2,1-3H3,(H,24,25)(H,27,28). The maximum atomic E-state index is 12.4. The zero-order chi connectivity index (χ0) is 19.8. The number of halogens is 1. The van der Waals surface area contributed by atoms with Crippen molar-refractivity contribution in [2.24, 2.45) is 11.3 Å². The Labute approximate surface area is 172 Å². The van der Waals surface area contributed by atoms with Crippen LogP contribution >= 0.6 is 15.9 Å². The molecule has 2 bridgehead atoms. The van der Waals surface area contributed by atoms with E-state index in [1.165, 1.54) is 0 Å². The van der Waals surface area contributed by atoms with Gasteiger partial charge < -0.3 is 10.1 Å². The predicted octanol–water partition coefficient (Wildman–Crippen LogP) is 6.10. The molecule has 1 aliphatic heterocycles. The van der Waals surface area contributed by atoms with E-state index < -0.39 is 6.09 Å². The van der Waals surface area contributed by atoms with Crippen molar-refractivity contribution < 1.29 is 9.90 Å². The summed E-state index contributed by atoms with van der Waals surface area (Å²) in [5, 5.41) is 12.4. The maximum Gasteiger partial charge on any atom is 0.408 e. The average Bonchev–Trinajstić information content (AvgIpc) is 3.32. The number of amides is 1. The zero-order valence-corrected chi connectivity index (χ0v) is 17.9. The quantitative estimate of drug-likeness (QED) is 0.479. The average molecular weight is 442 g/mol. The van der Waals surface area contributed by atoms with Gasteiger partial charge >= 0.3 is 6.09 Å². The minimum Gasteiger partial charge on any atom is -0.465 e. The van der Waals surface area contributed by atoms with Crippen molar-refractivity contribution >= 4 is 43.8 Å². The summed E-state index contributed by atoms with van der Waals surface area (Å²) in [5.41, 5.74) is 1.45. The molecule has 2 aromatic carbocycles. The van der Waals surface area contributed by atoms with Crippen LogP contribution in [0, 0.1) is 11.3 Å². The second-order valence-corrected chi connectivity index (χ2v) is 10.2. The van der Waals surface area contributed by atoms with E-state index in [0.717, 1.165) is 51.4 Å². The number of nitrogens with zero attached hydrogens (tertiary/aromatic N) is 2. The Morgan fingerprint density at radius 2 is 2.11 bits per heavy atom. The molecule has 3 unspecified atom stereocenters. The van der Waals surface area contributed by atoms with Crippen molar-refractivity contribution in [2.75, 3.05) is 0 Å². The first-order valence-electron chi connectivity index (χ1n) is 9.81. The molecule has 6 heteroatoms. The summed E-state index contributed by atoms with van der Waals surface area (Å²) < 4.78 is 1.04. The summed E-state index contributed by atoms with van der Waals surface area (Å²) in [6.07, 6.45) is 2.06. The van der Waals surface area contributed by atoms with Gasteiger partial charge in [-0.05, 0) is 54.2 Å². The minimum atomic E-state index is -0.837. The molecular weight excluding hydrogens is 418 g/mol. The molecule has 5 rings (SSSR count). The molecule has 146 valence electrons. The molecule has 3 atom stereocenters. The van der Waals surface area contributed by atoms with Crippen molar-refractivity contribution in [1.82, 2.24) is 14.9 Å². The number of fused-ring (bicyclic) bond motifs is 5. The van der Waals surface area contributed by atoms with Crippen molar-refractivity contribution in [3.05, 3.63) is 40.6 Å². The smallest absolute Gasteiger partial charge is 0.408 e. The number of nitrogens with one attached hydrogen (secondary N) is 1. The van der Waals surface area contributed by atoms with Crippen LogP contribution in [0.15, 0.2) is 34.8 Å². The van der Waals surface area contributed by atoms with Crippen LogP contribution in [0.25, 0.3) is 21.8 Å². The van der Waals surface area contributed by atoms with Gasteiger partial charge in [-0.2, -0.15) is 0 Å². The lowest BCUT2D eigenvalue weighted by atomic mass is 9.72. The lowest BCUT2D eigenvalue weighted by molar-refractivity contribution is -0.00349. The molecule has 1 saturated heterocycles. The normalized spacial score (nSPS) is 27.2. The monoisotopic (exact) mass is 441 g/mol. The molecule has 2 N–H and O–H groups in total. The first kappa shape index (κ1) is 18.0. The molecule has 28 heavy (non-hydrogen) atoms. The van der Waals surface area contributed by atoms with Crippen LogP contribution < -0.4 is 0 Å². The first-order chi connectivity index (χ1) is 13.2. The Morgan fingerprint density at radius 3 is 2.82 bits per heavy atom. The molecule has 1 aliphatic carbocycles. The van der Waals surface area contributed by atoms with Gasteiger partial charge in [-0.15, -0.1) is 0 Å². The van der Waals surface area contributed by atoms with Crippen LogP contribution in [-0.2, 0) is 0 Å². The number of likely N-dealkylation sites (tertiary alicyclic amines) is 1. The number of H-pyrrole nitrogens is 1. The van der Waals surface area contributed by atoms with Crippen LogP contribution in [0.2, 0.25) is 0 Å². The summed E-state index contributed by atoms with van der Waals surface area (Å²) in [6.45, 7) is 6.49. The molecule has 1 amide bonds. The van der Waals surface area contributed by atoms with Gasteiger partial charge in [0.2, 0.25) is 0 Å². The number of imidazole rings is 1. The number of hydrogen-bond acceptors (Lipinski definition) is 2. The highest BCUT2D eigenvalue weighted by Gasteiger charge is 2.63. The summed E-state index contributed by atoms with van der Waals surface area (Å²) >= 11 is 3.53. The van der Waals surface area contributed by atoms with Crippen molar-refractivity contribution in [2.45, 2.75) is 51.6 Å². The molecule has 0 spiro atoms. The summed E-state index contributed by atoms with van der Waals surface area (Å²) in [5.74, 6) is 1.10. The van der Waals surface area contributed by atoms with Crippen LogP contribution in [0.4, 0.5) is 4.79 Å². The topological polar surface area (TPSA) is 69.2 Å². The molecule has 5 nitrogen and oxygen atoms in total. The third-order valence-electron chi connectivity index (χ3n) is 7.05. The van der Waals surface area contributed by atoms with Crippen LogP contribution in [0.5, 0.6) is 0 Å². The van der Waals surface area contributed by atoms with Gasteiger partial charge in [-0.3, -0.25) is 4.90 Å². The molecule has 3 aromatic rings.